The van der Waals surface area contributed by atoms with E-state index in [0.29, 0.717) is 0 Å². The molecule has 0 bridgehead atoms. The first-order chi connectivity index (χ1) is 11.0. The van der Waals surface area contributed by atoms with Crippen molar-refractivity contribution in [1.29, 1.82) is 0 Å². The van der Waals surface area contributed by atoms with E-state index in [1.807, 2.05) is 0 Å². The normalized spacial score (nSPS) is 13.7. The highest BCUT2D eigenvalue weighted by Crippen LogP contribution is 2.30. The van der Waals surface area contributed by atoms with Crippen LogP contribution in [0.25, 0.3) is 0 Å². The fourth-order valence-electron chi connectivity index (χ4n) is 2.43. The fraction of sp³-hybridized carbons (Fsp3) is 0. The van der Waals surface area contributed by atoms with Gasteiger partial charge >= 0.3 is 0 Å². The SMILES string of the molecule is N.O=C1c2ccc(S(=O)(=O)O)cc2C(=O)c2cc(S(=O)(=O)O)ccc21. The molecule has 0 heterocycles. The van der Waals surface area contributed by atoms with Crippen molar-refractivity contribution in [1.82, 2.24) is 6.15 Å². The van der Waals surface area contributed by atoms with E-state index in [9.17, 15) is 26.4 Å². The van der Waals surface area contributed by atoms with Crippen LogP contribution in [0.15, 0.2) is 46.2 Å². The summed E-state index contributed by atoms with van der Waals surface area (Å²) in [6.45, 7) is 0. The zero-order chi connectivity index (χ0) is 17.9. The van der Waals surface area contributed by atoms with Gasteiger partial charge in [-0.2, -0.15) is 16.8 Å². The van der Waals surface area contributed by atoms with Crippen molar-refractivity contribution in [2.24, 2.45) is 0 Å². The van der Waals surface area contributed by atoms with Crippen molar-refractivity contribution in [3.8, 4) is 0 Å². The molecule has 0 radical (unpaired) electrons. The van der Waals surface area contributed by atoms with Crippen LogP contribution in [0.1, 0.15) is 31.8 Å². The largest absolute Gasteiger partial charge is 0.344 e. The molecule has 2 aromatic rings. The predicted octanol–water partition coefficient (Wildman–Crippen LogP) is 1.12. The minimum atomic E-state index is -4.59. The molecule has 25 heavy (non-hydrogen) atoms. The third-order valence-electron chi connectivity index (χ3n) is 3.56. The van der Waals surface area contributed by atoms with Gasteiger partial charge in [-0.3, -0.25) is 18.7 Å². The first kappa shape index (κ1) is 18.9. The molecule has 2 aromatic carbocycles. The molecule has 0 spiro atoms. The zero-order valence-electron chi connectivity index (χ0n) is 12.3. The van der Waals surface area contributed by atoms with Crippen molar-refractivity contribution in [2.75, 3.05) is 0 Å². The number of fused-ring (bicyclic) bond motifs is 2. The van der Waals surface area contributed by atoms with Gasteiger partial charge in [0.2, 0.25) is 0 Å². The van der Waals surface area contributed by atoms with E-state index in [4.69, 9.17) is 9.11 Å². The summed E-state index contributed by atoms with van der Waals surface area (Å²) in [4.78, 5) is 23.8. The van der Waals surface area contributed by atoms with E-state index in [2.05, 4.69) is 0 Å². The lowest BCUT2D eigenvalue weighted by atomic mass is 9.84. The number of carbonyl (C=O) groups excluding carboxylic acids is 2. The van der Waals surface area contributed by atoms with Crippen molar-refractivity contribution in [3.63, 3.8) is 0 Å². The Kier molecular flexibility index (Phi) is 4.40. The van der Waals surface area contributed by atoms with Crippen LogP contribution in [0.2, 0.25) is 0 Å². The molecular formula is C14H11NO8S2. The van der Waals surface area contributed by atoms with Crippen molar-refractivity contribution in [2.45, 2.75) is 9.79 Å². The summed E-state index contributed by atoms with van der Waals surface area (Å²) in [6.07, 6.45) is 0. The standard InChI is InChI=1S/C14H8O8S2.H3N/c15-13-9-3-1-7(23(17,18)19)5-11(9)14(16)12-6-8(24(20,21)22)2-4-10(12)13;/h1-6H,(H,17,18,19)(H,20,21,22);1H3. The van der Waals surface area contributed by atoms with Gasteiger partial charge in [-0.05, 0) is 36.4 Å². The van der Waals surface area contributed by atoms with Gasteiger partial charge in [0, 0.05) is 22.3 Å². The van der Waals surface area contributed by atoms with Crippen LogP contribution in [0.3, 0.4) is 0 Å². The summed E-state index contributed by atoms with van der Waals surface area (Å²) in [6, 6.07) is 5.84. The van der Waals surface area contributed by atoms with Crippen LogP contribution >= 0.6 is 0 Å². The Hall–Kier alpha value is -2.44. The summed E-state index contributed by atoms with van der Waals surface area (Å²) in [5, 5.41) is 0. The lowest BCUT2D eigenvalue weighted by Crippen LogP contribution is -2.22. The van der Waals surface area contributed by atoms with Gasteiger partial charge in [-0.25, -0.2) is 0 Å². The Balaban J connectivity index is 0.00000225. The van der Waals surface area contributed by atoms with E-state index in [0.717, 1.165) is 36.4 Å². The Morgan fingerprint density at radius 3 is 1.24 bits per heavy atom. The van der Waals surface area contributed by atoms with Gasteiger partial charge < -0.3 is 6.15 Å². The van der Waals surface area contributed by atoms with E-state index in [-0.39, 0.29) is 28.4 Å². The monoisotopic (exact) mass is 385 g/mol. The average molecular weight is 385 g/mol. The second-order valence-electron chi connectivity index (χ2n) is 5.02. The minimum absolute atomic E-state index is 0. The Morgan fingerprint density at radius 1 is 0.600 bits per heavy atom. The maximum absolute atomic E-state index is 12.5. The molecule has 0 saturated carbocycles. The Morgan fingerprint density at radius 2 is 0.920 bits per heavy atom. The summed E-state index contributed by atoms with van der Waals surface area (Å²) in [5.74, 6) is -1.40. The minimum Gasteiger partial charge on any atom is -0.344 e. The summed E-state index contributed by atoms with van der Waals surface area (Å²) >= 11 is 0. The maximum atomic E-state index is 12.5. The molecule has 0 aromatic heterocycles. The summed E-state index contributed by atoms with van der Waals surface area (Å²) in [7, 11) is -9.17. The predicted molar refractivity (Wildman–Crippen MR) is 84.4 cm³/mol. The van der Waals surface area contributed by atoms with Crippen LogP contribution in [0.5, 0.6) is 0 Å². The highest BCUT2D eigenvalue weighted by Gasteiger charge is 2.32. The Labute approximate surface area is 142 Å². The number of carbonyl (C=O) groups is 2. The van der Waals surface area contributed by atoms with E-state index >= 15 is 0 Å². The number of benzene rings is 2. The first-order valence-electron chi connectivity index (χ1n) is 6.32. The van der Waals surface area contributed by atoms with Crippen LogP contribution in [-0.4, -0.2) is 37.5 Å². The molecule has 0 amide bonds. The van der Waals surface area contributed by atoms with Crippen LogP contribution in [-0.2, 0) is 20.2 Å². The first-order valence-corrected chi connectivity index (χ1v) is 9.20. The second-order valence-corrected chi connectivity index (χ2v) is 7.87. The molecule has 0 atom stereocenters. The molecule has 0 saturated heterocycles. The highest BCUT2D eigenvalue weighted by atomic mass is 32.2. The maximum Gasteiger partial charge on any atom is 0.294 e. The molecule has 9 nitrogen and oxygen atoms in total. The lowest BCUT2D eigenvalue weighted by Gasteiger charge is -2.18. The van der Waals surface area contributed by atoms with Crippen molar-refractivity contribution >= 4 is 31.8 Å². The van der Waals surface area contributed by atoms with E-state index in [1.54, 1.807) is 0 Å². The van der Waals surface area contributed by atoms with Gasteiger partial charge in [0.15, 0.2) is 11.6 Å². The van der Waals surface area contributed by atoms with Gasteiger partial charge in [0.1, 0.15) is 0 Å². The average Bonchev–Trinajstić information content (AvgIpc) is 2.49. The van der Waals surface area contributed by atoms with Gasteiger partial charge in [0.05, 0.1) is 9.79 Å². The van der Waals surface area contributed by atoms with E-state index in [1.165, 1.54) is 0 Å². The molecule has 1 aliphatic carbocycles. The topological polar surface area (TPSA) is 178 Å². The molecule has 0 unspecified atom stereocenters. The molecule has 1 aliphatic rings. The van der Waals surface area contributed by atoms with Gasteiger partial charge in [0.25, 0.3) is 20.2 Å². The van der Waals surface area contributed by atoms with Crippen molar-refractivity contribution < 1.29 is 35.5 Å². The van der Waals surface area contributed by atoms with Crippen LogP contribution in [0.4, 0.5) is 0 Å². The molecule has 132 valence electrons. The number of ketones is 2. The van der Waals surface area contributed by atoms with E-state index < -0.39 is 41.6 Å². The van der Waals surface area contributed by atoms with Gasteiger partial charge in [-0.1, -0.05) is 0 Å². The molecule has 0 aliphatic heterocycles. The van der Waals surface area contributed by atoms with Gasteiger partial charge in [-0.15, -0.1) is 0 Å². The van der Waals surface area contributed by atoms with Crippen LogP contribution < -0.4 is 6.15 Å². The summed E-state index contributed by atoms with van der Waals surface area (Å²) < 4.78 is 62.8. The number of hydrogen-bond donors (Lipinski definition) is 3. The van der Waals surface area contributed by atoms with Crippen molar-refractivity contribution in [3.05, 3.63) is 58.7 Å². The second kappa shape index (κ2) is 5.82. The molecule has 11 heteroatoms. The quantitative estimate of drug-likeness (QED) is 0.545. The smallest absolute Gasteiger partial charge is 0.294 e. The fourth-order valence-corrected chi connectivity index (χ4v) is 3.44. The summed E-state index contributed by atoms with van der Waals surface area (Å²) in [5.41, 5.74) is -0.704. The lowest BCUT2D eigenvalue weighted by molar-refractivity contribution is 0.0978. The highest BCUT2D eigenvalue weighted by molar-refractivity contribution is 7.86. The molecule has 5 N–H and O–H groups in total. The number of hydrogen-bond acceptors (Lipinski definition) is 7. The Bertz CT molecular complexity index is 1050. The number of rotatable bonds is 2. The third-order valence-corrected chi connectivity index (χ3v) is 5.26. The third kappa shape index (κ3) is 3.10. The van der Waals surface area contributed by atoms with Crippen LogP contribution in [0, 0.1) is 0 Å². The molecular weight excluding hydrogens is 374 g/mol. The zero-order valence-corrected chi connectivity index (χ0v) is 14.0. The molecule has 0 fully saturated rings. The molecule has 3 rings (SSSR count).